The van der Waals surface area contributed by atoms with Crippen LogP contribution in [0.15, 0.2) is 0 Å². The number of sulfone groups is 4. The molecule has 23 nitrogen and oxygen atoms in total. The minimum absolute atomic E-state index is 0.00986. The Hall–Kier alpha value is -2.70. The highest BCUT2D eigenvalue weighted by Gasteiger charge is 2.35. The van der Waals surface area contributed by atoms with E-state index in [1.54, 1.807) is 11.8 Å². The molecule has 0 aromatic carbocycles. The van der Waals surface area contributed by atoms with Crippen LogP contribution in [0, 0.1) is 29.6 Å². The molecule has 0 radical (unpaired) electrons. The summed E-state index contributed by atoms with van der Waals surface area (Å²) in [6.07, 6.45) is 8.91. The van der Waals surface area contributed by atoms with Crippen LogP contribution >= 0.6 is 11.8 Å². The fourth-order valence-electron chi connectivity index (χ4n) is 5.59. The van der Waals surface area contributed by atoms with Gasteiger partial charge in [-0.1, -0.05) is 0 Å². The predicted octanol–water partition coefficient (Wildman–Crippen LogP) is -2.50. The predicted molar refractivity (Wildman–Crippen MR) is 224 cm³/mol. The van der Waals surface area contributed by atoms with Crippen molar-refractivity contribution in [3.8, 4) is 0 Å². The highest BCUT2D eigenvalue weighted by Crippen LogP contribution is 2.20. The van der Waals surface area contributed by atoms with Crippen LogP contribution in [-0.4, -0.2) is 198 Å². The number of esters is 2. The molecule has 0 saturated carbocycles. The first-order valence-electron chi connectivity index (χ1n) is 18.5. The van der Waals surface area contributed by atoms with E-state index >= 15 is 0 Å². The van der Waals surface area contributed by atoms with E-state index in [-0.39, 0.29) is 66.3 Å². The quantitative estimate of drug-likeness (QED) is 0.0748. The molecule has 0 aliphatic carbocycles. The summed E-state index contributed by atoms with van der Waals surface area (Å²) in [5.74, 6) is -3.32. The van der Waals surface area contributed by atoms with Crippen LogP contribution in [0.1, 0.15) is 32.1 Å². The number of ether oxygens (including phenoxy) is 2. The molecular formula is C33H64N4O19S5. The number of aliphatic hydroxyl groups is 1. The Bertz CT molecular complexity index is 1830. The number of thioether (sulfide) groups is 1. The lowest BCUT2D eigenvalue weighted by Gasteiger charge is -2.13. The van der Waals surface area contributed by atoms with Crippen molar-refractivity contribution in [1.29, 1.82) is 0 Å². The van der Waals surface area contributed by atoms with Crippen molar-refractivity contribution in [3.05, 3.63) is 0 Å². The average Bonchev–Trinajstić information content (AvgIpc) is 3.90. The topological polar surface area (TPSA) is 344 Å². The molecule has 0 aromatic heterocycles. The van der Waals surface area contributed by atoms with Gasteiger partial charge < -0.3 is 20.3 Å². The summed E-state index contributed by atoms with van der Waals surface area (Å²) in [4.78, 5) is 64.2. The molecule has 5 N–H and O–H groups in total. The van der Waals surface area contributed by atoms with Crippen molar-refractivity contribution in [2.24, 2.45) is 35.3 Å². The minimum Gasteiger partial charge on any atom is -0.465 e. The molecule has 360 valence electrons. The fourth-order valence-corrected chi connectivity index (χ4v) is 10.5. The third-order valence-corrected chi connectivity index (χ3v) is 13.1. The Morgan fingerprint density at radius 3 is 1.52 bits per heavy atom. The van der Waals surface area contributed by atoms with Gasteiger partial charge in [-0.15, -0.1) is 0 Å². The zero-order valence-electron chi connectivity index (χ0n) is 35.8. The molecule has 0 spiro atoms. The van der Waals surface area contributed by atoms with Crippen LogP contribution in [0.5, 0.6) is 0 Å². The van der Waals surface area contributed by atoms with Crippen molar-refractivity contribution >= 4 is 80.8 Å². The number of hydrogen-bond donors (Lipinski definition) is 4. The monoisotopic (exact) mass is 980 g/mol. The number of nitrogens with zero attached hydrogens (tertiary/aromatic N) is 2. The van der Waals surface area contributed by atoms with E-state index in [0.717, 1.165) is 37.2 Å². The smallest absolute Gasteiger partial charge is 0.310 e. The van der Waals surface area contributed by atoms with Crippen molar-refractivity contribution < 1.29 is 87.1 Å². The molecule has 4 aliphatic rings. The summed E-state index contributed by atoms with van der Waals surface area (Å²) in [5, 5.41) is 19.3. The third kappa shape index (κ3) is 28.6. The Kier molecular flexibility index (Phi) is 29.3. The van der Waals surface area contributed by atoms with Gasteiger partial charge in [0.1, 0.15) is 39.3 Å². The third-order valence-electron chi connectivity index (χ3n) is 8.31. The molecule has 28 heteroatoms. The van der Waals surface area contributed by atoms with Crippen molar-refractivity contribution in [3.63, 3.8) is 0 Å². The van der Waals surface area contributed by atoms with Gasteiger partial charge in [0.2, 0.25) is 17.7 Å². The van der Waals surface area contributed by atoms with Crippen LogP contribution in [0.25, 0.3) is 0 Å². The van der Waals surface area contributed by atoms with Gasteiger partial charge in [-0.25, -0.2) is 49.3 Å². The summed E-state index contributed by atoms with van der Waals surface area (Å²) < 4.78 is 96.1. The van der Waals surface area contributed by atoms with Crippen LogP contribution < -0.4 is 11.2 Å². The molecule has 4 heterocycles. The van der Waals surface area contributed by atoms with Gasteiger partial charge >= 0.3 is 11.9 Å². The zero-order chi connectivity index (χ0) is 47.8. The van der Waals surface area contributed by atoms with Crippen LogP contribution in [0.4, 0.5) is 0 Å². The van der Waals surface area contributed by atoms with E-state index in [1.165, 1.54) is 26.3 Å². The van der Waals surface area contributed by atoms with Crippen molar-refractivity contribution in [2.45, 2.75) is 32.1 Å². The van der Waals surface area contributed by atoms with Gasteiger partial charge in [-0.3, -0.25) is 38.9 Å². The van der Waals surface area contributed by atoms with Crippen LogP contribution in [0.3, 0.4) is 0 Å². The maximum absolute atomic E-state index is 11.4. The molecule has 61 heavy (non-hydrogen) atoms. The lowest BCUT2D eigenvalue weighted by molar-refractivity contribution is -0.169. The molecule has 3 amide bonds. The second kappa shape index (κ2) is 29.6. The number of nitrogens with two attached hydrogens (primary N) is 1. The highest BCUT2D eigenvalue weighted by molar-refractivity contribution is 7.98. The van der Waals surface area contributed by atoms with Gasteiger partial charge in [0, 0.05) is 50.5 Å². The molecule has 0 aromatic rings. The number of hydroxylamine groups is 5. The van der Waals surface area contributed by atoms with E-state index in [2.05, 4.69) is 15.3 Å². The number of amides is 3. The Balaban J connectivity index is 0. The molecule has 4 rings (SSSR count). The number of carbonyl (C=O) groups excluding carboxylic acids is 5. The van der Waals surface area contributed by atoms with Crippen LogP contribution in [-0.2, 0) is 82.5 Å². The maximum Gasteiger partial charge on any atom is 0.310 e. The maximum atomic E-state index is 11.4. The molecule has 4 fully saturated rings. The summed E-state index contributed by atoms with van der Waals surface area (Å²) >= 11 is 1.70. The van der Waals surface area contributed by atoms with Gasteiger partial charge in [0.25, 0.3) is 0 Å². The average molecular weight is 981 g/mol. The van der Waals surface area contributed by atoms with Gasteiger partial charge in [0.05, 0.1) is 80.0 Å². The first kappa shape index (κ1) is 60.4. The van der Waals surface area contributed by atoms with Gasteiger partial charge in [0.15, 0.2) is 0 Å². The molecule has 5 atom stereocenters. The lowest BCUT2D eigenvalue weighted by atomic mass is 10.1. The van der Waals surface area contributed by atoms with Crippen molar-refractivity contribution in [2.75, 3.05) is 114 Å². The number of nitrogens with one attached hydrogen (secondary N) is 1. The minimum atomic E-state index is -3.24. The Morgan fingerprint density at radius 2 is 1.20 bits per heavy atom. The molecule has 4 saturated heterocycles. The largest absolute Gasteiger partial charge is 0.465 e. The summed E-state index contributed by atoms with van der Waals surface area (Å²) in [6, 6.07) is 0. The summed E-state index contributed by atoms with van der Waals surface area (Å²) in [7, 11) is -8.31. The SMILES string of the molecule is CN.CON1CCC(CS(C)(=O)=O)C1=O.CONC(=O)C(CCO)CS(C)(=O)=O.CS(=O)(=O)CC1CCN(O)C1=O.CS(=O)(=O)CC1CCOC1=O.CSCC1CCOC1=O. The number of aliphatic hydroxyl groups excluding tert-OH is 1. The van der Waals surface area contributed by atoms with E-state index in [0.29, 0.717) is 44.1 Å². The van der Waals surface area contributed by atoms with Gasteiger partial charge in [-0.2, -0.15) is 11.8 Å². The molecule has 5 unspecified atom stereocenters. The van der Waals surface area contributed by atoms with E-state index in [1.807, 2.05) is 11.7 Å². The normalized spacial score (nSPS) is 21.7. The standard InChI is InChI=1S/C7H15NO5S.C7H13NO4S.C6H11NO4S.C6H10O4S.C6H10O2S.CH5N/c1-13-8-7(10)6(3-4-9)5-14(2,11)12;1-12-8-4-3-6(7(8)9)5-13(2,10)11;1-12(10,11)4-5-2-3-7(9)6(5)8;1-11(8,9)4-5-2-3-10-6(5)7;1-9-4-5-2-3-8-6(5)7;1-2/h6,9H,3-5H2,1-2H3,(H,8,10);6H,3-5H2,1-2H3;5,9H,2-4H2,1H3;5H,2-4H2,1H3;5H,2-4H2,1H3;2H2,1H3. The number of carbonyl (C=O) groups is 5. The second-order valence-electron chi connectivity index (χ2n) is 14.1. The number of rotatable bonds is 15. The Labute approximate surface area is 363 Å². The molecular weight excluding hydrogens is 917 g/mol. The van der Waals surface area contributed by atoms with E-state index < -0.39 is 74.8 Å². The first-order valence-corrected chi connectivity index (χ1v) is 28.1. The summed E-state index contributed by atoms with van der Waals surface area (Å²) in [5.41, 5.74) is 6.54. The Morgan fingerprint density at radius 1 is 0.754 bits per heavy atom. The van der Waals surface area contributed by atoms with E-state index in [4.69, 9.17) is 19.9 Å². The van der Waals surface area contributed by atoms with Crippen molar-refractivity contribution in [1.82, 2.24) is 15.6 Å². The van der Waals surface area contributed by atoms with Gasteiger partial charge in [-0.05, 0) is 45.4 Å². The lowest BCUT2D eigenvalue weighted by Crippen LogP contribution is -2.34. The summed E-state index contributed by atoms with van der Waals surface area (Å²) in [6.45, 7) is 1.47. The number of cyclic esters (lactones) is 2. The molecule has 0 bridgehead atoms. The first-order chi connectivity index (χ1) is 28.1. The van der Waals surface area contributed by atoms with E-state index in [9.17, 15) is 57.6 Å². The fraction of sp³-hybridized carbons (Fsp3) is 0.848. The zero-order valence-corrected chi connectivity index (χ0v) is 39.9. The number of hydrogen-bond acceptors (Lipinski definition) is 21. The van der Waals surface area contributed by atoms with Crippen LogP contribution in [0.2, 0.25) is 0 Å². The highest BCUT2D eigenvalue weighted by atomic mass is 32.2. The second-order valence-corrected chi connectivity index (χ2v) is 23.7. The molecule has 4 aliphatic heterocycles.